The average molecular weight is 419 g/mol. The normalized spacial score (nSPS) is 32.8. The van der Waals surface area contributed by atoms with Gasteiger partial charge in [0.1, 0.15) is 0 Å². The Morgan fingerprint density at radius 2 is 1.50 bits per heavy atom. The molecular weight excluding hydrogens is 368 g/mol. The Bertz CT molecular complexity index is 562. The number of ether oxygens (including phenoxy) is 2. The molecule has 30 heavy (non-hydrogen) atoms. The molecule has 2 heteroatoms. The van der Waals surface area contributed by atoms with E-state index >= 15 is 0 Å². The fourth-order valence-corrected chi connectivity index (χ4v) is 7.10. The molecule has 0 bridgehead atoms. The predicted molar refractivity (Wildman–Crippen MR) is 127 cm³/mol. The Labute approximate surface area is 187 Å². The summed E-state index contributed by atoms with van der Waals surface area (Å²) in [6.45, 7) is 17.6. The second kappa shape index (κ2) is 10.5. The summed E-state index contributed by atoms with van der Waals surface area (Å²) in [6, 6.07) is 0. The molecule has 3 rings (SSSR count). The third-order valence-electron chi connectivity index (χ3n) is 8.33. The molecule has 0 N–H and O–H groups in total. The van der Waals surface area contributed by atoms with Crippen LogP contribution in [0.4, 0.5) is 0 Å². The van der Waals surface area contributed by atoms with E-state index < -0.39 is 0 Å². The minimum atomic E-state index is -0.0786. The van der Waals surface area contributed by atoms with Crippen molar-refractivity contribution in [2.24, 2.45) is 35.0 Å². The average Bonchev–Trinajstić information content (AvgIpc) is 2.67. The van der Waals surface area contributed by atoms with Gasteiger partial charge in [-0.1, -0.05) is 60.0 Å². The summed E-state index contributed by atoms with van der Waals surface area (Å²) in [7, 11) is 0. The van der Waals surface area contributed by atoms with Crippen LogP contribution in [-0.2, 0) is 9.47 Å². The van der Waals surface area contributed by atoms with Crippen LogP contribution >= 0.6 is 0 Å². The van der Waals surface area contributed by atoms with E-state index in [9.17, 15) is 0 Å². The van der Waals surface area contributed by atoms with Crippen molar-refractivity contribution in [2.75, 3.05) is 6.61 Å². The van der Waals surface area contributed by atoms with Gasteiger partial charge in [-0.2, -0.15) is 0 Å². The third kappa shape index (κ3) is 6.12. The molecule has 1 saturated carbocycles. The van der Waals surface area contributed by atoms with Crippen molar-refractivity contribution in [1.29, 1.82) is 0 Å². The topological polar surface area (TPSA) is 18.5 Å². The molecule has 3 aliphatic carbocycles. The quantitative estimate of drug-likeness (QED) is 0.307. The minimum absolute atomic E-state index is 0.0786. The Balaban J connectivity index is 1.63. The lowest BCUT2D eigenvalue weighted by molar-refractivity contribution is -0.163. The molecule has 0 radical (unpaired) electrons. The summed E-state index contributed by atoms with van der Waals surface area (Å²) < 4.78 is 12.8. The van der Waals surface area contributed by atoms with Crippen molar-refractivity contribution in [3.63, 3.8) is 0 Å². The number of hydrogen-bond acceptors (Lipinski definition) is 2. The summed E-state index contributed by atoms with van der Waals surface area (Å²) in [6.07, 6.45) is 13.3. The van der Waals surface area contributed by atoms with Crippen molar-refractivity contribution in [2.45, 2.75) is 125 Å². The molecule has 0 aromatic heterocycles. The van der Waals surface area contributed by atoms with Crippen molar-refractivity contribution in [3.05, 3.63) is 11.1 Å². The molecule has 0 spiro atoms. The smallest absolute Gasteiger partial charge is 0.155 e. The van der Waals surface area contributed by atoms with Crippen molar-refractivity contribution in [1.82, 2.24) is 0 Å². The van der Waals surface area contributed by atoms with E-state index in [-0.39, 0.29) is 6.29 Å². The van der Waals surface area contributed by atoms with Crippen LogP contribution in [0.2, 0.25) is 0 Å². The monoisotopic (exact) mass is 418 g/mol. The maximum atomic E-state index is 6.57. The highest BCUT2D eigenvalue weighted by atomic mass is 16.7. The Morgan fingerprint density at radius 3 is 2.13 bits per heavy atom. The van der Waals surface area contributed by atoms with Gasteiger partial charge in [0.25, 0.3) is 0 Å². The molecule has 4 unspecified atom stereocenters. The Kier molecular flexibility index (Phi) is 8.52. The summed E-state index contributed by atoms with van der Waals surface area (Å²) in [4.78, 5) is 0. The molecule has 174 valence electrons. The van der Waals surface area contributed by atoms with Crippen LogP contribution in [-0.4, -0.2) is 19.0 Å². The molecule has 2 nitrogen and oxygen atoms in total. The molecule has 0 saturated heterocycles. The lowest BCUT2D eigenvalue weighted by atomic mass is 9.60. The number of allylic oxidation sites excluding steroid dienone is 1. The highest BCUT2D eigenvalue weighted by molar-refractivity contribution is 5.27. The van der Waals surface area contributed by atoms with Gasteiger partial charge < -0.3 is 9.47 Å². The third-order valence-corrected chi connectivity index (χ3v) is 8.33. The second-order valence-corrected chi connectivity index (χ2v) is 12.2. The fourth-order valence-electron chi connectivity index (χ4n) is 7.10. The van der Waals surface area contributed by atoms with Crippen LogP contribution in [0.3, 0.4) is 0 Å². The van der Waals surface area contributed by atoms with Gasteiger partial charge in [-0.15, -0.1) is 0 Å². The van der Waals surface area contributed by atoms with E-state index in [4.69, 9.17) is 9.47 Å². The van der Waals surface area contributed by atoms with Crippen LogP contribution in [0.1, 0.15) is 113 Å². The predicted octanol–water partition coefficient (Wildman–Crippen LogP) is 8.16. The maximum Gasteiger partial charge on any atom is 0.155 e. The first-order chi connectivity index (χ1) is 14.2. The highest BCUT2D eigenvalue weighted by Crippen LogP contribution is 2.50. The SMILES string of the molecule is CC1CCC(COC(C)OC2CCCC3=C2CCCC3C(C(C)C)C(C)(C)C)CC1. The van der Waals surface area contributed by atoms with Gasteiger partial charge >= 0.3 is 0 Å². The summed E-state index contributed by atoms with van der Waals surface area (Å²) in [5.74, 6) is 3.88. The molecule has 4 atom stereocenters. The lowest BCUT2D eigenvalue weighted by Gasteiger charge is -2.46. The largest absolute Gasteiger partial charge is 0.353 e. The molecule has 1 fully saturated rings. The van der Waals surface area contributed by atoms with E-state index in [1.807, 2.05) is 0 Å². The zero-order chi connectivity index (χ0) is 21.9. The van der Waals surface area contributed by atoms with E-state index in [2.05, 4.69) is 48.5 Å². The van der Waals surface area contributed by atoms with Gasteiger partial charge in [-0.25, -0.2) is 0 Å². The van der Waals surface area contributed by atoms with E-state index in [1.54, 1.807) is 11.1 Å². The van der Waals surface area contributed by atoms with E-state index in [0.717, 1.165) is 36.2 Å². The van der Waals surface area contributed by atoms with Crippen LogP contribution in [0.15, 0.2) is 11.1 Å². The second-order valence-electron chi connectivity index (χ2n) is 12.2. The molecule has 3 aliphatic rings. The van der Waals surface area contributed by atoms with Gasteiger partial charge in [-0.3, -0.25) is 0 Å². The standard InChI is InChI=1S/C28H50O2/c1-19(2)27(28(5,6)7)25-12-8-11-24-23(25)10-9-13-26(24)30-21(4)29-18-22-16-14-20(3)15-17-22/h19-22,25-27H,8-18H2,1-7H3. The molecule has 0 aromatic carbocycles. The molecule has 0 amide bonds. The number of hydrogen-bond donors (Lipinski definition) is 0. The van der Waals surface area contributed by atoms with Crippen molar-refractivity contribution < 1.29 is 9.47 Å². The van der Waals surface area contributed by atoms with Crippen LogP contribution in [0, 0.1) is 35.0 Å². The zero-order valence-corrected chi connectivity index (χ0v) is 21.1. The fraction of sp³-hybridized carbons (Fsp3) is 0.929. The van der Waals surface area contributed by atoms with Gasteiger partial charge in [0.15, 0.2) is 6.29 Å². The summed E-state index contributed by atoms with van der Waals surface area (Å²) in [5.41, 5.74) is 3.80. The highest BCUT2D eigenvalue weighted by Gasteiger charge is 2.40. The molecule has 0 heterocycles. The minimum Gasteiger partial charge on any atom is -0.353 e. The van der Waals surface area contributed by atoms with Crippen molar-refractivity contribution in [3.8, 4) is 0 Å². The summed E-state index contributed by atoms with van der Waals surface area (Å²) >= 11 is 0. The lowest BCUT2D eigenvalue weighted by Crippen LogP contribution is -2.38. The van der Waals surface area contributed by atoms with E-state index in [0.29, 0.717) is 11.5 Å². The van der Waals surface area contributed by atoms with Crippen LogP contribution in [0.25, 0.3) is 0 Å². The van der Waals surface area contributed by atoms with E-state index in [1.165, 1.54) is 64.2 Å². The van der Waals surface area contributed by atoms with Crippen LogP contribution < -0.4 is 0 Å². The Hall–Kier alpha value is -0.340. The van der Waals surface area contributed by atoms with Gasteiger partial charge in [-0.05, 0) is 98.9 Å². The Morgan fingerprint density at radius 1 is 0.867 bits per heavy atom. The first-order valence-corrected chi connectivity index (χ1v) is 13.2. The van der Waals surface area contributed by atoms with Crippen LogP contribution in [0.5, 0.6) is 0 Å². The molecular formula is C28H50O2. The summed E-state index contributed by atoms with van der Waals surface area (Å²) in [5, 5.41) is 0. The first kappa shape index (κ1) is 24.3. The van der Waals surface area contributed by atoms with Gasteiger partial charge in [0.2, 0.25) is 0 Å². The van der Waals surface area contributed by atoms with Crippen molar-refractivity contribution >= 4 is 0 Å². The maximum absolute atomic E-state index is 6.57. The number of rotatable bonds is 7. The molecule has 0 aromatic rings. The molecule has 0 aliphatic heterocycles. The van der Waals surface area contributed by atoms with Gasteiger partial charge in [0, 0.05) is 0 Å². The zero-order valence-electron chi connectivity index (χ0n) is 21.1. The first-order valence-electron chi connectivity index (χ1n) is 13.2. The van der Waals surface area contributed by atoms with Gasteiger partial charge in [0.05, 0.1) is 12.7 Å².